The molecule has 7 heteroatoms. The van der Waals surface area contributed by atoms with E-state index in [-0.39, 0.29) is 30.3 Å². The second-order valence-electron chi connectivity index (χ2n) is 5.83. The third-order valence-corrected chi connectivity index (χ3v) is 4.38. The number of piperazine rings is 1. The fraction of sp³-hybridized carbons (Fsp3) is 0.786. The van der Waals surface area contributed by atoms with Gasteiger partial charge in [-0.25, -0.2) is 4.79 Å². The molecule has 2 aliphatic rings. The van der Waals surface area contributed by atoms with Crippen LogP contribution in [-0.4, -0.2) is 79.0 Å². The van der Waals surface area contributed by atoms with Crippen LogP contribution < -0.4 is 0 Å². The number of likely N-dealkylation sites (tertiary alicyclic amines) is 1. The molecule has 0 saturated carbocycles. The zero-order valence-corrected chi connectivity index (χ0v) is 12.9. The van der Waals surface area contributed by atoms with Crippen molar-refractivity contribution in [3.8, 4) is 0 Å². The highest BCUT2D eigenvalue weighted by atomic mass is 16.5. The highest BCUT2D eigenvalue weighted by molar-refractivity contribution is 5.87. The lowest BCUT2D eigenvalue weighted by Crippen LogP contribution is -2.57. The Balaban J connectivity index is 1.99. The number of rotatable bonds is 1. The van der Waals surface area contributed by atoms with Crippen molar-refractivity contribution in [1.29, 1.82) is 0 Å². The minimum atomic E-state index is -0.393. The molecule has 0 radical (unpaired) electrons. The maximum atomic E-state index is 12.6. The summed E-state index contributed by atoms with van der Waals surface area (Å²) in [4.78, 5) is 40.9. The summed E-state index contributed by atoms with van der Waals surface area (Å²) in [5.41, 5.74) is 0. The van der Waals surface area contributed by atoms with Gasteiger partial charge in [0.1, 0.15) is 0 Å². The lowest BCUT2D eigenvalue weighted by Gasteiger charge is -2.40. The van der Waals surface area contributed by atoms with E-state index in [0.29, 0.717) is 19.6 Å². The Kier molecular flexibility index (Phi) is 4.69. The molecule has 2 saturated heterocycles. The average molecular weight is 297 g/mol. The Morgan fingerprint density at radius 3 is 2.57 bits per heavy atom. The molecule has 0 unspecified atom stereocenters. The lowest BCUT2D eigenvalue weighted by atomic mass is 9.96. The number of carbonyl (C=O) groups is 3. The van der Waals surface area contributed by atoms with Gasteiger partial charge in [-0.15, -0.1) is 0 Å². The molecule has 0 aliphatic carbocycles. The van der Waals surface area contributed by atoms with Crippen molar-refractivity contribution in [3.05, 3.63) is 0 Å². The van der Waals surface area contributed by atoms with Gasteiger partial charge in [-0.1, -0.05) is 0 Å². The first-order valence-electron chi connectivity index (χ1n) is 7.31. The number of ether oxygens (including phenoxy) is 1. The van der Waals surface area contributed by atoms with Crippen LogP contribution in [0.1, 0.15) is 19.8 Å². The second kappa shape index (κ2) is 6.32. The van der Waals surface area contributed by atoms with Crippen molar-refractivity contribution in [2.24, 2.45) is 5.92 Å². The zero-order chi connectivity index (χ0) is 15.6. The van der Waals surface area contributed by atoms with Crippen LogP contribution in [0.25, 0.3) is 0 Å². The van der Waals surface area contributed by atoms with Crippen LogP contribution in [0.5, 0.6) is 0 Å². The lowest BCUT2D eigenvalue weighted by molar-refractivity contribution is -0.150. The van der Waals surface area contributed by atoms with E-state index in [4.69, 9.17) is 4.74 Å². The number of methoxy groups -OCH3 is 1. The molecule has 2 aliphatic heterocycles. The van der Waals surface area contributed by atoms with Gasteiger partial charge < -0.3 is 19.4 Å². The van der Waals surface area contributed by atoms with E-state index in [1.165, 1.54) is 7.11 Å². The largest absolute Gasteiger partial charge is 0.453 e. The summed E-state index contributed by atoms with van der Waals surface area (Å²) in [6, 6.07) is 0.0236. The molecule has 118 valence electrons. The summed E-state index contributed by atoms with van der Waals surface area (Å²) in [6.07, 6.45) is 1.14. The Hall–Kier alpha value is -1.79. The van der Waals surface area contributed by atoms with E-state index in [1.807, 2.05) is 6.92 Å². The van der Waals surface area contributed by atoms with Crippen molar-refractivity contribution in [2.75, 3.05) is 40.3 Å². The van der Waals surface area contributed by atoms with E-state index >= 15 is 0 Å². The third-order valence-electron chi connectivity index (χ3n) is 4.38. The molecule has 2 rings (SSSR count). The fourth-order valence-corrected chi connectivity index (χ4v) is 2.93. The van der Waals surface area contributed by atoms with Gasteiger partial charge in [0.2, 0.25) is 11.8 Å². The smallest absolute Gasteiger partial charge is 0.409 e. The van der Waals surface area contributed by atoms with Gasteiger partial charge in [0.25, 0.3) is 0 Å². The second-order valence-corrected chi connectivity index (χ2v) is 5.83. The molecule has 2 heterocycles. The van der Waals surface area contributed by atoms with Gasteiger partial charge in [-0.3, -0.25) is 9.59 Å². The SMILES string of the molecule is COC(=O)N1CCC[C@@H](C(=O)N2CC(=O)N(C)[C@H](C)C2)C1. The normalized spacial score (nSPS) is 26.8. The van der Waals surface area contributed by atoms with Crippen LogP contribution in [0.2, 0.25) is 0 Å². The number of hydrogen-bond donors (Lipinski definition) is 0. The predicted octanol–water partition coefficient (Wildman–Crippen LogP) is 0.154. The van der Waals surface area contributed by atoms with Crippen LogP contribution in [0, 0.1) is 5.92 Å². The van der Waals surface area contributed by atoms with Crippen molar-refractivity contribution in [2.45, 2.75) is 25.8 Å². The molecular weight excluding hydrogens is 274 g/mol. The molecule has 0 aromatic carbocycles. The van der Waals surface area contributed by atoms with Crippen LogP contribution in [0.3, 0.4) is 0 Å². The first-order chi connectivity index (χ1) is 9.93. The van der Waals surface area contributed by atoms with Crippen LogP contribution in [0.4, 0.5) is 4.79 Å². The number of nitrogens with zero attached hydrogens (tertiary/aromatic N) is 3. The van der Waals surface area contributed by atoms with Crippen LogP contribution in [-0.2, 0) is 14.3 Å². The summed E-state index contributed by atoms with van der Waals surface area (Å²) in [7, 11) is 3.10. The van der Waals surface area contributed by atoms with Crippen molar-refractivity contribution in [3.63, 3.8) is 0 Å². The highest BCUT2D eigenvalue weighted by Gasteiger charge is 2.36. The molecule has 0 spiro atoms. The number of likely N-dealkylation sites (N-methyl/N-ethyl adjacent to an activating group) is 1. The third kappa shape index (κ3) is 3.28. The summed E-state index contributed by atoms with van der Waals surface area (Å²) in [6.45, 7) is 3.61. The molecule has 21 heavy (non-hydrogen) atoms. The average Bonchev–Trinajstić information content (AvgIpc) is 2.50. The molecule has 0 aromatic rings. The number of hydrogen-bond acceptors (Lipinski definition) is 4. The topological polar surface area (TPSA) is 70.2 Å². The number of amides is 3. The predicted molar refractivity (Wildman–Crippen MR) is 75.5 cm³/mol. The molecular formula is C14H23N3O4. The molecule has 3 amide bonds. The minimum Gasteiger partial charge on any atom is -0.453 e. The maximum absolute atomic E-state index is 12.6. The van der Waals surface area contributed by atoms with Gasteiger partial charge in [-0.05, 0) is 19.8 Å². The summed E-state index contributed by atoms with van der Waals surface area (Å²) in [5.74, 6) is -0.305. The number of piperidine rings is 1. The van der Waals surface area contributed by atoms with Crippen LogP contribution in [0.15, 0.2) is 0 Å². The van der Waals surface area contributed by atoms with Gasteiger partial charge in [-0.2, -0.15) is 0 Å². The molecule has 0 bridgehead atoms. The summed E-state index contributed by atoms with van der Waals surface area (Å²) < 4.78 is 4.71. The first kappa shape index (κ1) is 15.6. The van der Waals surface area contributed by atoms with E-state index in [0.717, 1.165) is 12.8 Å². The van der Waals surface area contributed by atoms with E-state index in [2.05, 4.69) is 0 Å². The Morgan fingerprint density at radius 1 is 1.24 bits per heavy atom. The van der Waals surface area contributed by atoms with Crippen LogP contribution >= 0.6 is 0 Å². The standard InChI is InChI=1S/C14H23N3O4/c1-10-7-17(9-12(18)15(10)2)13(19)11-5-4-6-16(8-11)14(20)21-3/h10-11H,4-9H2,1-3H3/t10-,11-/m1/s1. The van der Waals surface area contributed by atoms with Crippen molar-refractivity contribution >= 4 is 17.9 Å². The summed E-state index contributed by atoms with van der Waals surface area (Å²) >= 11 is 0. The van der Waals surface area contributed by atoms with Crippen molar-refractivity contribution in [1.82, 2.24) is 14.7 Å². The van der Waals surface area contributed by atoms with Gasteiger partial charge in [0.15, 0.2) is 0 Å². The Labute approximate surface area is 124 Å². The Morgan fingerprint density at radius 2 is 1.95 bits per heavy atom. The molecule has 0 N–H and O–H groups in total. The number of carbonyl (C=O) groups excluding carboxylic acids is 3. The summed E-state index contributed by atoms with van der Waals surface area (Å²) in [5, 5.41) is 0. The van der Waals surface area contributed by atoms with Crippen molar-refractivity contribution < 1.29 is 19.1 Å². The molecule has 2 fully saturated rings. The van der Waals surface area contributed by atoms with Gasteiger partial charge in [0, 0.05) is 32.7 Å². The fourth-order valence-electron chi connectivity index (χ4n) is 2.93. The monoisotopic (exact) mass is 297 g/mol. The van der Waals surface area contributed by atoms with Gasteiger partial charge >= 0.3 is 6.09 Å². The molecule has 2 atom stereocenters. The first-order valence-corrected chi connectivity index (χ1v) is 7.31. The molecule has 7 nitrogen and oxygen atoms in total. The van der Waals surface area contributed by atoms with E-state index < -0.39 is 6.09 Å². The van der Waals surface area contributed by atoms with E-state index in [1.54, 1.807) is 21.7 Å². The van der Waals surface area contributed by atoms with Gasteiger partial charge in [0.05, 0.1) is 19.6 Å². The zero-order valence-electron chi connectivity index (χ0n) is 12.9. The maximum Gasteiger partial charge on any atom is 0.409 e. The van der Waals surface area contributed by atoms with E-state index in [9.17, 15) is 14.4 Å². The molecule has 0 aromatic heterocycles. The minimum absolute atomic E-state index is 0.0236. The highest BCUT2D eigenvalue weighted by Crippen LogP contribution is 2.21. The Bertz CT molecular complexity index is 440. The quantitative estimate of drug-likeness (QED) is 0.691.